The van der Waals surface area contributed by atoms with Gasteiger partial charge in [-0.1, -0.05) is 0 Å². The summed E-state index contributed by atoms with van der Waals surface area (Å²) in [5, 5.41) is 0. The van der Waals surface area contributed by atoms with Crippen LogP contribution in [0.3, 0.4) is 0 Å². The number of pyridine rings is 1. The number of hydrogen-bond donors (Lipinski definition) is 0. The molecule has 19 heavy (non-hydrogen) atoms. The Bertz CT molecular complexity index is 611. The number of alkyl halides is 1. The van der Waals surface area contributed by atoms with Crippen LogP contribution in [0.2, 0.25) is 0 Å². The van der Waals surface area contributed by atoms with Crippen molar-refractivity contribution in [2.75, 3.05) is 5.88 Å². The molecule has 0 saturated heterocycles. The Morgan fingerprint density at radius 3 is 2.79 bits per heavy atom. The normalized spacial score (nSPS) is 16.2. The monoisotopic (exact) mass is 277 g/mol. The van der Waals surface area contributed by atoms with Crippen LogP contribution in [0, 0.1) is 12.8 Å². The molecular weight excluding hydrogens is 258 g/mol. The fourth-order valence-electron chi connectivity index (χ4n) is 2.97. The summed E-state index contributed by atoms with van der Waals surface area (Å²) in [6, 6.07) is 2.02. The molecule has 0 aromatic carbocycles. The third-order valence-electron chi connectivity index (χ3n) is 4.29. The molecule has 2 aromatic heterocycles. The molecule has 0 amide bonds. The van der Waals surface area contributed by atoms with Crippen molar-refractivity contribution in [3.05, 3.63) is 23.7 Å². The zero-order chi connectivity index (χ0) is 13.6. The summed E-state index contributed by atoms with van der Waals surface area (Å²) in [7, 11) is 0. The Kier molecular flexibility index (Phi) is 3.05. The number of imidazole rings is 1. The molecule has 0 spiro atoms. The van der Waals surface area contributed by atoms with Crippen LogP contribution in [-0.2, 0) is 12.0 Å². The first kappa shape index (κ1) is 12.9. The molecule has 1 aliphatic rings. The highest BCUT2D eigenvalue weighted by Crippen LogP contribution is 2.45. The van der Waals surface area contributed by atoms with Crippen LogP contribution in [-0.4, -0.2) is 20.4 Å². The lowest BCUT2D eigenvalue weighted by Crippen LogP contribution is -2.30. The van der Waals surface area contributed by atoms with Gasteiger partial charge < -0.3 is 4.57 Å². The average molecular weight is 278 g/mol. The van der Waals surface area contributed by atoms with E-state index in [0.29, 0.717) is 5.88 Å². The number of nitrogens with zero attached hydrogens (tertiary/aromatic N) is 3. The third kappa shape index (κ3) is 2.04. The summed E-state index contributed by atoms with van der Waals surface area (Å²) in [4.78, 5) is 9.37. The highest BCUT2D eigenvalue weighted by atomic mass is 35.5. The van der Waals surface area contributed by atoms with E-state index in [0.717, 1.165) is 29.3 Å². The molecule has 102 valence electrons. The Labute approximate surface area is 119 Å². The zero-order valence-corrected chi connectivity index (χ0v) is 12.5. The average Bonchev–Trinajstić information content (AvgIpc) is 3.13. The fraction of sp³-hybridized carbons (Fsp3) is 0.600. The van der Waals surface area contributed by atoms with E-state index in [1.165, 1.54) is 18.4 Å². The highest BCUT2D eigenvalue weighted by molar-refractivity contribution is 6.17. The van der Waals surface area contributed by atoms with E-state index < -0.39 is 0 Å². The second-order valence-corrected chi connectivity index (χ2v) is 6.41. The highest BCUT2D eigenvalue weighted by Gasteiger charge is 2.41. The molecule has 0 bridgehead atoms. The van der Waals surface area contributed by atoms with Gasteiger partial charge in [-0.3, -0.25) is 0 Å². The molecule has 4 heteroatoms. The molecule has 3 nitrogen and oxygen atoms in total. The van der Waals surface area contributed by atoms with Crippen molar-refractivity contribution in [2.24, 2.45) is 5.92 Å². The number of aromatic nitrogens is 3. The number of halogens is 1. The second kappa shape index (κ2) is 4.48. The molecule has 3 rings (SSSR count). The second-order valence-electron chi connectivity index (χ2n) is 6.03. The Morgan fingerprint density at radius 1 is 1.42 bits per heavy atom. The summed E-state index contributed by atoms with van der Waals surface area (Å²) < 4.78 is 2.33. The van der Waals surface area contributed by atoms with Crippen molar-refractivity contribution >= 4 is 22.8 Å². The molecule has 0 unspecified atom stereocenters. The van der Waals surface area contributed by atoms with Crippen LogP contribution in [0.15, 0.2) is 12.3 Å². The Morgan fingerprint density at radius 2 is 2.16 bits per heavy atom. The Balaban J connectivity index is 2.24. The van der Waals surface area contributed by atoms with Crippen molar-refractivity contribution in [3.8, 4) is 0 Å². The third-order valence-corrected chi connectivity index (χ3v) is 4.48. The van der Waals surface area contributed by atoms with Gasteiger partial charge in [0.15, 0.2) is 5.65 Å². The summed E-state index contributed by atoms with van der Waals surface area (Å²) in [5.41, 5.74) is 3.30. The van der Waals surface area contributed by atoms with E-state index in [4.69, 9.17) is 16.6 Å². The lowest BCUT2D eigenvalue weighted by molar-refractivity contribution is 0.303. The van der Waals surface area contributed by atoms with Gasteiger partial charge in [-0.15, -0.1) is 11.6 Å². The first-order valence-electron chi connectivity index (χ1n) is 6.95. The van der Waals surface area contributed by atoms with Crippen LogP contribution in [0.1, 0.15) is 38.1 Å². The molecule has 1 saturated carbocycles. The van der Waals surface area contributed by atoms with Crippen LogP contribution in [0.5, 0.6) is 0 Å². The van der Waals surface area contributed by atoms with E-state index in [2.05, 4.69) is 30.3 Å². The van der Waals surface area contributed by atoms with E-state index in [9.17, 15) is 0 Å². The summed E-state index contributed by atoms with van der Waals surface area (Å²) in [5.74, 6) is 2.41. The Hall–Kier alpha value is -1.09. The number of hydrogen-bond acceptors (Lipinski definition) is 2. The maximum atomic E-state index is 5.95. The van der Waals surface area contributed by atoms with E-state index in [-0.39, 0.29) is 5.54 Å². The number of fused-ring (bicyclic) bond motifs is 1. The first-order chi connectivity index (χ1) is 9.05. The van der Waals surface area contributed by atoms with E-state index >= 15 is 0 Å². The van der Waals surface area contributed by atoms with Gasteiger partial charge >= 0.3 is 0 Å². The molecule has 1 aliphatic carbocycles. The van der Waals surface area contributed by atoms with Gasteiger partial charge in [0.05, 0.1) is 0 Å². The van der Waals surface area contributed by atoms with E-state index in [1.807, 2.05) is 12.3 Å². The molecule has 1 fully saturated rings. The first-order valence-corrected chi connectivity index (χ1v) is 7.48. The number of aryl methyl sites for hydroxylation is 2. The molecule has 0 N–H and O–H groups in total. The van der Waals surface area contributed by atoms with Crippen molar-refractivity contribution in [1.82, 2.24) is 14.5 Å². The van der Waals surface area contributed by atoms with Crippen molar-refractivity contribution in [3.63, 3.8) is 0 Å². The quantitative estimate of drug-likeness (QED) is 0.799. The van der Waals surface area contributed by atoms with Crippen molar-refractivity contribution in [2.45, 2.75) is 45.6 Å². The summed E-state index contributed by atoms with van der Waals surface area (Å²) in [6.45, 7) is 6.69. The van der Waals surface area contributed by atoms with Crippen LogP contribution < -0.4 is 0 Å². The predicted molar refractivity (Wildman–Crippen MR) is 78.7 cm³/mol. The lowest BCUT2D eigenvalue weighted by Gasteiger charge is -2.29. The van der Waals surface area contributed by atoms with Gasteiger partial charge in [-0.2, -0.15) is 0 Å². The predicted octanol–water partition coefficient (Wildman–Crippen LogP) is 3.67. The molecular formula is C15H20ClN3. The lowest BCUT2D eigenvalue weighted by atomic mass is 9.98. The smallest absolute Gasteiger partial charge is 0.160 e. The summed E-state index contributed by atoms with van der Waals surface area (Å²) >= 11 is 5.95. The molecule has 2 aromatic rings. The van der Waals surface area contributed by atoms with Crippen LogP contribution in [0.4, 0.5) is 0 Å². The fourth-order valence-corrected chi connectivity index (χ4v) is 3.14. The minimum atomic E-state index is 0.0803. The maximum absolute atomic E-state index is 5.95. The topological polar surface area (TPSA) is 30.7 Å². The maximum Gasteiger partial charge on any atom is 0.160 e. The SMILES string of the molecule is Cc1ccnc2c1nc(CCCl)n2C(C)(C)C1CC1. The van der Waals surface area contributed by atoms with E-state index in [1.54, 1.807) is 0 Å². The van der Waals surface area contributed by atoms with Gasteiger partial charge in [0.2, 0.25) is 0 Å². The van der Waals surface area contributed by atoms with Crippen molar-refractivity contribution in [1.29, 1.82) is 0 Å². The minimum Gasteiger partial charge on any atom is -0.307 e. The zero-order valence-electron chi connectivity index (χ0n) is 11.8. The molecule has 2 heterocycles. The van der Waals surface area contributed by atoms with Crippen LogP contribution in [0.25, 0.3) is 11.2 Å². The molecule has 0 aliphatic heterocycles. The minimum absolute atomic E-state index is 0.0803. The molecule has 0 radical (unpaired) electrons. The standard InChI is InChI=1S/C15H20ClN3/c1-10-7-9-17-14-13(10)18-12(6-8-16)19(14)15(2,3)11-4-5-11/h7,9,11H,4-6,8H2,1-3H3. The van der Waals surface area contributed by atoms with Gasteiger partial charge in [-0.05, 0) is 51.2 Å². The van der Waals surface area contributed by atoms with Gasteiger partial charge in [-0.25, -0.2) is 9.97 Å². The molecule has 0 atom stereocenters. The number of rotatable bonds is 4. The van der Waals surface area contributed by atoms with Crippen LogP contribution >= 0.6 is 11.6 Å². The van der Waals surface area contributed by atoms with Gasteiger partial charge in [0, 0.05) is 24.0 Å². The largest absolute Gasteiger partial charge is 0.307 e. The van der Waals surface area contributed by atoms with Gasteiger partial charge in [0.25, 0.3) is 0 Å². The van der Waals surface area contributed by atoms with Gasteiger partial charge in [0.1, 0.15) is 11.3 Å². The van der Waals surface area contributed by atoms with Crippen molar-refractivity contribution < 1.29 is 0 Å². The summed E-state index contributed by atoms with van der Waals surface area (Å²) in [6.07, 6.45) is 5.29.